The van der Waals surface area contributed by atoms with Crippen molar-refractivity contribution in [3.05, 3.63) is 36.4 Å². The van der Waals surface area contributed by atoms with Crippen molar-refractivity contribution in [1.29, 1.82) is 0 Å². The van der Waals surface area contributed by atoms with Gasteiger partial charge in [-0.1, -0.05) is 103 Å². The first-order valence-electron chi connectivity index (χ1n) is 15.3. The molecular weight excluding hydrogens is 472 g/mol. The molecule has 0 spiro atoms. The average Bonchev–Trinajstić information content (AvgIpc) is 2.94. The van der Waals surface area contributed by atoms with E-state index in [9.17, 15) is 0 Å². The van der Waals surface area contributed by atoms with E-state index >= 15 is 0 Å². The second-order valence-electron chi connectivity index (χ2n) is 10.2. The molecule has 4 nitrogen and oxygen atoms in total. The molecular formula is C34H50O4. The normalized spacial score (nSPS) is 11.3. The van der Waals surface area contributed by atoms with Gasteiger partial charge in [0, 0.05) is 16.2 Å². The smallest absolute Gasteiger partial charge is 0.172 e. The maximum Gasteiger partial charge on any atom is 0.172 e. The van der Waals surface area contributed by atoms with E-state index in [-0.39, 0.29) is 0 Å². The van der Waals surface area contributed by atoms with Crippen LogP contribution in [-0.4, -0.2) is 26.4 Å². The molecule has 3 rings (SSSR count). The first kappa shape index (κ1) is 29.9. The molecule has 0 radical (unpaired) electrons. The fraction of sp³-hybridized carbons (Fsp3) is 0.588. The monoisotopic (exact) mass is 522 g/mol. The summed E-state index contributed by atoms with van der Waals surface area (Å²) >= 11 is 0. The van der Waals surface area contributed by atoms with Crippen LogP contribution in [-0.2, 0) is 0 Å². The minimum atomic E-state index is 0.660. The van der Waals surface area contributed by atoms with E-state index < -0.39 is 0 Å². The predicted octanol–water partition coefficient (Wildman–Crippen LogP) is 10.3. The summed E-state index contributed by atoms with van der Waals surface area (Å²) < 4.78 is 26.0. The third-order valence-corrected chi connectivity index (χ3v) is 7.00. The highest BCUT2D eigenvalue weighted by atomic mass is 16.5. The number of hydrogen-bond acceptors (Lipinski definition) is 4. The van der Waals surface area contributed by atoms with Crippen molar-refractivity contribution < 1.29 is 18.9 Å². The summed E-state index contributed by atoms with van der Waals surface area (Å²) in [5.41, 5.74) is 0. The molecule has 0 aliphatic heterocycles. The number of fused-ring (bicyclic) bond motifs is 2. The van der Waals surface area contributed by atoms with Crippen molar-refractivity contribution in [1.82, 2.24) is 0 Å². The Morgan fingerprint density at radius 2 is 0.868 bits per heavy atom. The summed E-state index contributed by atoms with van der Waals surface area (Å²) in [6.07, 6.45) is 13.4. The summed E-state index contributed by atoms with van der Waals surface area (Å²) in [4.78, 5) is 0. The number of rotatable bonds is 20. The van der Waals surface area contributed by atoms with Crippen LogP contribution in [0.15, 0.2) is 36.4 Å². The molecule has 0 aliphatic rings. The highest BCUT2D eigenvalue weighted by molar-refractivity contribution is 6.13. The average molecular weight is 523 g/mol. The van der Waals surface area contributed by atoms with E-state index in [1.165, 1.54) is 12.8 Å². The molecule has 0 saturated carbocycles. The zero-order chi connectivity index (χ0) is 27.0. The molecule has 210 valence electrons. The van der Waals surface area contributed by atoms with Crippen molar-refractivity contribution >= 4 is 21.5 Å². The number of ether oxygens (including phenoxy) is 4. The van der Waals surface area contributed by atoms with Gasteiger partial charge in [0.1, 0.15) is 11.5 Å². The van der Waals surface area contributed by atoms with Gasteiger partial charge in [-0.3, -0.25) is 0 Å². The lowest BCUT2D eigenvalue weighted by atomic mass is 9.99. The van der Waals surface area contributed by atoms with Crippen LogP contribution in [0.4, 0.5) is 0 Å². The second-order valence-corrected chi connectivity index (χ2v) is 10.2. The molecule has 0 bridgehead atoms. The van der Waals surface area contributed by atoms with Crippen molar-refractivity contribution in [3.8, 4) is 23.0 Å². The summed E-state index contributed by atoms with van der Waals surface area (Å²) in [5.74, 6) is 3.40. The van der Waals surface area contributed by atoms with Crippen LogP contribution in [0.3, 0.4) is 0 Å². The molecule has 4 heteroatoms. The zero-order valence-electron chi connectivity index (χ0n) is 24.4. The van der Waals surface area contributed by atoms with Gasteiger partial charge < -0.3 is 18.9 Å². The Balaban J connectivity index is 2.17. The van der Waals surface area contributed by atoms with Gasteiger partial charge in [-0.2, -0.15) is 0 Å². The van der Waals surface area contributed by atoms with Crippen LogP contribution in [0.25, 0.3) is 21.5 Å². The molecule has 0 N–H and O–H groups in total. The standard InChI is InChI=1S/C34H50O4/c1-5-9-15-23-35-30-22-21-29-31(34(30)38-26-18-12-8-4)33(37-25-17-11-7-3)28-20-14-13-19-27(28)32(29)36-24-16-10-6-2/h13-14,19-22H,5-12,15-18,23-26H2,1-4H3. The van der Waals surface area contributed by atoms with Crippen LogP contribution in [0, 0.1) is 0 Å². The second kappa shape index (κ2) is 17.1. The number of hydrogen-bond donors (Lipinski definition) is 0. The minimum Gasteiger partial charge on any atom is -0.492 e. The molecule has 0 amide bonds. The number of benzene rings is 3. The Morgan fingerprint density at radius 1 is 0.421 bits per heavy atom. The van der Waals surface area contributed by atoms with E-state index in [0.29, 0.717) is 26.4 Å². The first-order valence-corrected chi connectivity index (χ1v) is 15.3. The summed E-state index contributed by atoms with van der Waals surface area (Å²) in [7, 11) is 0. The van der Waals surface area contributed by atoms with Crippen LogP contribution in [0.2, 0.25) is 0 Å². The third-order valence-electron chi connectivity index (χ3n) is 7.00. The Morgan fingerprint density at radius 3 is 1.39 bits per heavy atom. The fourth-order valence-electron chi connectivity index (χ4n) is 4.81. The lowest BCUT2D eigenvalue weighted by Gasteiger charge is -2.22. The maximum absolute atomic E-state index is 6.61. The predicted molar refractivity (Wildman–Crippen MR) is 162 cm³/mol. The Kier molecular flexibility index (Phi) is 13.4. The zero-order valence-corrected chi connectivity index (χ0v) is 24.4. The van der Waals surface area contributed by atoms with Gasteiger partial charge >= 0.3 is 0 Å². The van der Waals surface area contributed by atoms with Gasteiger partial charge in [0.05, 0.1) is 31.8 Å². The van der Waals surface area contributed by atoms with Gasteiger partial charge in [-0.15, -0.1) is 0 Å². The van der Waals surface area contributed by atoms with Crippen molar-refractivity contribution in [2.45, 2.75) is 105 Å². The van der Waals surface area contributed by atoms with Crippen LogP contribution < -0.4 is 18.9 Å². The van der Waals surface area contributed by atoms with Gasteiger partial charge in [-0.25, -0.2) is 0 Å². The van der Waals surface area contributed by atoms with Crippen molar-refractivity contribution in [3.63, 3.8) is 0 Å². The Bertz CT molecular complexity index is 1090. The minimum absolute atomic E-state index is 0.660. The lowest BCUT2D eigenvalue weighted by Crippen LogP contribution is -2.06. The molecule has 0 aromatic heterocycles. The lowest BCUT2D eigenvalue weighted by molar-refractivity contribution is 0.260. The van der Waals surface area contributed by atoms with Gasteiger partial charge in [-0.05, 0) is 37.8 Å². The highest BCUT2D eigenvalue weighted by Gasteiger charge is 2.23. The van der Waals surface area contributed by atoms with Crippen LogP contribution in [0.1, 0.15) is 105 Å². The molecule has 0 unspecified atom stereocenters. The Hall–Kier alpha value is -2.62. The van der Waals surface area contributed by atoms with Gasteiger partial charge in [0.15, 0.2) is 11.5 Å². The van der Waals surface area contributed by atoms with E-state index in [2.05, 4.69) is 64.1 Å². The summed E-state index contributed by atoms with van der Waals surface area (Å²) in [6.45, 7) is 11.6. The molecule has 38 heavy (non-hydrogen) atoms. The molecule has 0 atom stereocenters. The molecule has 3 aromatic carbocycles. The summed E-state index contributed by atoms with van der Waals surface area (Å²) in [6, 6.07) is 12.7. The van der Waals surface area contributed by atoms with Gasteiger partial charge in [0.25, 0.3) is 0 Å². The number of unbranched alkanes of at least 4 members (excludes halogenated alkanes) is 8. The van der Waals surface area contributed by atoms with Gasteiger partial charge in [0.2, 0.25) is 0 Å². The quantitative estimate of drug-likeness (QED) is 0.109. The third kappa shape index (κ3) is 8.19. The molecule has 0 saturated heterocycles. The molecule has 0 heterocycles. The maximum atomic E-state index is 6.61. The Labute approximate surface area is 231 Å². The highest BCUT2D eigenvalue weighted by Crippen LogP contribution is 2.50. The topological polar surface area (TPSA) is 36.9 Å². The van der Waals surface area contributed by atoms with E-state index in [4.69, 9.17) is 18.9 Å². The van der Waals surface area contributed by atoms with Crippen LogP contribution >= 0.6 is 0 Å². The molecule has 0 aliphatic carbocycles. The van der Waals surface area contributed by atoms with E-state index in [1.54, 1.807) is 0 Å². The fourth-order valence-corrected chi connectivity index (χ4v) is 4.81. The first-order chi connectivity index (χ1) is 18.8. The largest absolute Gasteiger partial charge is 0.492 e. The molecule has 0 fully saturated rings. The summed E-state index contributed by atoms with van der Waals surface area (Å²) in [5, 5.41) is 4.19. The molecule has 3 aromatic rings. The van der Waals surface area contributed by atoms with E-state index in [0.717, 1.165) is 109 Å². The van der Waals surface area contributed by atoms with Crippen molar-refractivity contribution in [2.24, 2.45) is 0 Å². The van der Waals surface area contributed by atoms with Crippen LogP contribution in [0.5, 0.6) is 23.0 Å². The SMILES string of the molecule is CCCCCOc1ccc2c(OCCCCC)c3ccccc3c(OCCCCC)c2c1OCCCCC. The van der Waals surface area contributed by atoms with Crippen molar-refractivity contribution in [2.75, 3.05) is 26.4 Å². The van der Waals surface area contributed by atoms with E-state index in [1.807, 2.05) is 0 Å².